The van der Waals surface area contributed by atoms with Gasteiger partial charge in [0, 0.05) is 16.9 Å². The summed E-state index contributed by atoms with van der Waals surface area (Å²) in [6.07, 6.45) is 3.10. The summed E-state index contributed by atoms with van der Waals surface area (Å²) in [5.74, 6) is 0. The number of halogens is 1. The zero-order chi connectivity index (χ0) is 14.1. The third-order valence-electron chi connectivity index (χ3n) is 3.11. The number of pyridine rings is 1. The Bertz CT molecular complexity index is 843. The van der Waals surface area contributed by atoms with Crippen molar-refractivity contribution in [1.82, 2.24) is 9.38 Å². The van der Waals surface area contributed by atoms with Gasteiger partial charge in [0.15, 0.2) is 0 Å². The van der Waals surface area contributed by atoms with Crippen molar-refractivity contribution >= 4 is 21.6 Å². The van der Waals surface area contributed by atoms with E-state index in [2.05, 4.69) is 20.9 Å². The Morgan fingerprint density at radius 1 is 1.20 bits per heavy atom. The van der Waals surface area contributed by atoms with Gasteiger partial charge >= 0.3 is 0 Å². The lowest BCUT2D eigenvalue weighted by molar-refractivity contribution is 0.279. The standard InChI is InChI=1S/C15H11BrN2O2/c16-13-3-1-2-10(6-13)11-4-5-18-14(7-11)17-8-12(9-19)15(18)20/h1-8,19H,9H2. The van der Waals surface area contributed by atoms with Gasteiger partial charge in [0.1, 0.15) is 5.65 Å². The molecular formula is C15H11BrN2O2. The van der Waals surface area contributed by atoms with Crippen LogP contribution in [0.1, 0.15) is 5.56 Å². The molecule has 0 aliphatic heterocycles. The zero-order valence-electron chi connectivity index (χ0n) is 10.5. The summed E-state index contributed by atoms with van der Waals surface area (Å²) in [5, 5.41) is 9.08. The quantitative estimate of drug-likeness (QED) is 0.785. The van der Waals surface area contributed by atoms with Crippen molar-refractivity contribution in [2.45, 2.75) is 6.61 Å². The molecule has 0 radical (unpaired) electrons. The Labute approximate surface area is 123 Å². The first-order chi connectivity index (χ1) is 9.69. The smallest absolute Gasteiger partial charge is 0.263 e. The monoisotopic (exact) mass is 330 g/mol. The highest BCUT2D eigenvalue weighted by Crippen LogP contribution is 2.23. The predicted molar refractivity (Wildman–Crippen MR) is 80.5 cm³/mol. The fraction of sp³-hybridized carbons (Fsp3) is 0.0667. The summed E-state index contributed by atoms with van der Waals surface area (Å²) in [6, 6.07) is 11.6. The number of benzene rings is 1. The number of hydrogen-bond acceptors (Lipinski definition) is 3. The van der Waals surface area contributed by atoms with Gasteiger partial charge in [0.25, 0.3) is 5.56 Å². The molecule has 5 heteroatoms. The number of aromatic nitrogens is 2. The summed E-state index contributed by atoms with van der Waals surface area (Å²) >= 11 is 3.44. The molecular weight excluding hydrogens is 320 g/mol. The highest BCUT2D eigenvalue weighted by molar-refractivity contribution is 9.10. The van der Waals surface area contributed by atoms with Crippen molar-refractivity contribution in [3.05, 3.63) is 69.2 Å². The first-order valence-corrected chi connectivity index (χ1v) is 6.85. The molecule has 4 nitrogen and oxygen atoms in total. The fourth-order valence-electron chi connectivity index (χ4n) is 2.07. The van der Waals surface area contributed by atoms with E-state index < -0.39 is 0 Å². The van der Waals surface area contributed by atoms with E-state index >= 15 is 0 Å². The summed E-state index contributed by atoms with van der Waals surface area (Å²) in [4.78, 5) is 16.2. The van der Waals surface area contributed by atoms with E-state index in [1.165, 1.54) is 10.6 Å². The SMILES string of the molecule is O=c1c(CO)cnc2cc(-c3cccc(Br)c3)ccn12. The Morgan fingerprint density at radius 3 is 2.75 bits per heavy atom. The van der Waals surface area contributed by atoms with Gasteiger partial charge in [0.05, 0.1) is 12.2 Å². The molecule has 3 aromatic rings. The number of aliphatic hydroxyl groups excluding tert-OH is 1. The lowest BCUT2D eigenvalue weighted by atomic mass is 10.1. The number of nitrogens with zero attached hydrogens (tertiary/aromatic N) is 2. The molecule has 0 aliphatic rings. The van der Waals surface area contributed by atoms with Crippen LogP contribution in [0.3, 0.4) is 0 Å². The first-order valence-electron chi connectivity index (χ1n) is 6.06. The minimum absolute atomic E-state index is 0.238. The molecule has 3 rings (SSSR count). The van der Waals surface area contributed by atoms with Crippen molar-refractivity contribution in [3.8, 4) is 11.1 Å². The van der Waals surface area contributed by atoms with Crippen LogP contribution in [0.5, 0.6) is 0 Å². The van der Waals surface area contributed by atoms with Crippen LogP contribution in [-0.2, 0) is 6.61 Å². The van der Waals surface area contributed by atoms with Crippen LogP contribution in [0.15, 0.2) is 58.1 Å². The lowest BCUT2D eigenvalue weighted by Crippen LogP contribution is -2.19. The third kappa shape index (κ3) is 2.26. The van der Waals surface area contributed by atoms with E-state index in [-0.39, 0.29) is 17.7 Å². The van der Waals surface area contributed by atoms with Crippen molar-refractivity contribution < 1.29 is 5.11 Å². The Morgan fingerprint density at radius 2 is 2.00 bits per heavy atom. The fourth-order valence-corrected chi connectivity index (χ4v) is 2.47. The van der Waals surface area contributed by atoms with Crippen LogP contribution in [-0.4, -0.2) is 14.5 Å². The van der Waals surface area contributed by atoms with Crippen LogP contribution < -0.4 is 5.56 Å². The van der Waals surface area contributed by atoms with Crippen LogP contribution >= 0.6 is 15.9 Å². The van der Waals surface area contributed by atoms with Crippen LogP contribution in [0.2, 0.25) is 0 Å². The van der Waals surface area contributed by atoms with Crippen LogP contribution in [0, 0.1) is 0 Å². The highest BCUT2D eigenvalue weighted by Gasteiger charge is 2.05. The summed E-state index contributed by atoms with van der Waals surface area (Å²) in [7, 11) is 0. The Kier molecular flexibility index (Phi) is 3.38. The molecule has 2 heterocycles. The number of aliphatic hydroxyl groups is 1. The van der Waals surface area contributed by atoms with Crippen molar-refractivity contribution in [2.24, 2.45) is 0 Å². The van der Waals surface area contributed by atoms with Crippen LogP contribution in [0.25, 0.3) is 16.8 Å². The second kappa shape index (κ2) is 5.19. The van der Waals surface area contributed by atoms with E-state index in [9.17, 15) is 4.79 Å². The highest BCUT2D eigenvalue weighted by atomic mass is 79.9. The van der Waals surface area contributed by atoms with E-state index in [4.69, 9.17) is 5.11 Å². The van der Waals surface area contributed by atoms with Gasteiger partial charge < -0.3 is 5.11 Å². The Hall–Kier alpha value is -1.98. The molecule has 0 atom stereocenters. The Balaban J connectivity index is 2.19. The van der Waals surface area contributed by atoms with Gasteiger partial charge in [-0.15, -0.1) is 0 Å². The van der Waals surface area contributed by atoms with E-state index in [1.807, 2.05) is 36.4 Å². The molecule has 2 aromatic heterocycles. The van der Waals surface area contributed by atoms with Gasteiger partial charge in [-0.3, -0.25) is 9.20 Å². The predicted octanol–water partition coefficient (Wildman–Crippen LogP) is 2.62. The molecule has 100 valence electrons. The molecule has 1 aromatic carbocycles. The maximum Gasteiger partial charge on any atom is 0.263 e. The van der Waals surface area contributed by atoms with E-state index in [0.29, 0.717) is 5.65 Å². The summed E-state index contributed by atoms with van der Waals surface area (Å²) in [6.45, 7) is -0.303. The molecule has 0 amide bonds. The molecule has 0 aliphatic carbocycles. The third-order valence-corrected chi connectivity index (χ3v) is 3.60. The average Bonchev–Trinajstić information content (AvgIpc) is 2.47. The van der Waals surface area contributed by atoms with E-state index in [1.54, 1.807) is 6.20 Å². The lowest BCUT2D eigenvalue weighted by Gasteiger charge is -2.06. The second-order valence-electron chi connectivity index (χ2n) is 4.40. The second-order valence-corrected chi connectivity index (χ2v) is 5.32. The maximum atomic E-state index is 12.0. The molecule has 1 N–H and O–H groups in total. The number of rotatable bonds is 2. The molecule has 0 saturated carbocycles. The minimum atomic E-state index is -0.303. The van der Waals surface area contributed by atoms with Gasteiger partial charge in [-0.2, -0.15) is 0 Å². The summed E-state index contributed by atoms with van der Waals surface area (Å²) < 4.78 is 2.43. The van der Waals surface area contributed by atoms with Gasteiger partial charge in [-0.05, 0) is 35.4 Å². The van der Waals surface area contributed by atoms with Gasteiger partial charge in [-0.1, -0.05) is 28.1 Å². The van der Waals surface area contributed by atoms with Crippen LogP contribution in [0.4, 0.5) is 0 Å². The number of fused-ring (bicyclic) bond motifs is 1. The molecule has 0 saturated heterocycles. The normalized spacial score (nSPS) is 10.9. The minimum Gasteiger partial charge on any atom is -0.391 e. The molecule has 20 heavy (non-hydrogen) atoms. The topological polar surface area (TPSA) is 54.6 Å². The average molecular weight is 331 g/mol. The number of hydrogen-bond donors (Lipinski definition) is 1. The van der Waals surface area contributed by atoms with Crippen molar-refractivity contribution in [2.75, 3.05) is 0 Å². The summed E-state index contributed by atoms with van der Waals surface area (Å²) in [5.41, 5.74) is 2.64. The first kappa shape index (κ1) is 13.0. The zero-order valence-corrected chi connectivity index (χ0v) is 12.0. The largest absolute Gasteiger partial charge is 0.391 e. The molecule has 0 bridgehead atoms. The van der Waals surface area contributed by atoms with Gasteiger partial charge in [0.2, 0.25) is 0 Å². The van der Waals surface area contributed by atoms with E-state index in [0.717, 1.165) is 15.6 Å². The van der Waals surface area contributed by atoms with Crippen molar-refractivity contribution in [1.29, 1.82) is 0 Å². The molecule has 0 fully saturated rings. The van der Waals surface area contributed by atoms with Gasteiger partial charge in [-0.25, -0.2) is 4.98 Å². The molecule has 0 unspecified atom stereocenters. The maximum absolute atomic E-state index is 12.0. The molecule has 0 spiro atoms. The van der Waals surface area contributed by atoms with Crippen molar-refractivity contribution in [3.63, 3.8) is 0 Å².